The maximum Gasteiger partial charge on any atom is 0.263 e. The van der Waals surface area contributed by atoms with E-state index in [0.717, 1.165) is 50.3 Å². The van der Waals surface area contributed by atoms with Crippen LogP contribution in [0.3, 0.4) is 0 Å². The highest BCUT2D eigenvalue weighted by Crippen LogP contribution is 2.42. The number of hydrogen-bond donors (Lipinski definition) is 0. The molecule has 2 aliphatic heterocycles. The number of alkyl halides is 2. The number of benzene rings is 1. The summed E-state index contributed by atoms with van der Waals surface area (Å²) in [6, 6.07) is 7.84. The summed E-state index contributed by atoms with van der Waals surface area (Å²) in [5, 5.41) is 0. The molecular formula is C22H34F2N2O. The third-order valence-electron chi connectivity index (χ3n) is 6.08. The zero-order chi connectivity index (χ0) is 19.4. The summed E-state index contributed by atoms with van der Waals surface area (Å²) >= 11 is 0. The lowest BCUT2D eigenvalue weighted by atomic mass is 9.76. The second kappa shape index (κ2) is 8.87. The number of halogens is 2. The SMILES string of the molecule is CCN1CCC(C2CCN(Cc3ccc(OC(C)C)cc3)CC2(F)F)CC1. The number of ether oxygens (including phenoxy) is 1. The fourth-order valence-corrected chi connectivity index (χ4v) is 4.62. The first-order valence-corrected chi connectivity index (χ1v) is 10.5. The van der Waals surface area contributed by atoms with Gasteiger partial charge in [0.15, 0.2) is 0 Å². The zero-order valence-corrected chi connectivity index (χ0v) is 17.0. The molecule has 2 saturated heterocycles. The fraction of sp³-hybridized carbons (Fsp3) is 0.727. The second-order valence-corrected chi connectivity index (χ2v) is 8.45. The van der Waals surface area contributed by atoms with Gasteiger partial charge in [-0.15, -0.1) is 0 Å². The van der Waals surface area contributed by atoms with Gasteiger partial charge in [-0.3, -0.25) is 4.90 Å². The number of hydrogen-bond acceptors (Lipinski definition) is 3. The van der Waals surface area contributed by atoms with E-state index in [1.807, 2.05) is 43.0 Å². The van der Waals surface area contributed by atoms with Crippen LogP contribution in [0.4, 0.5) is 8.78 Å². The number of nitrogens with zero attached hydrogens (tertiary/aromatic N) is 2. The standard InChI is InChI=1S/C22H34F2N2O/c1-4-25-12-9-19(10-13-25)21-11-14-26(16-22(21,23)24)15-18-5-7-20(8-6-18)27-17(2)3/h5-8,17,19,21H,4,9-16H2,1-3H3. The molecule has 3 nitrogen and oxygen atoms in total. The van der Waals surface area contributed by atoms with E-state index in [2.05, 4.69) is 11.8 Å². The number of likely N-dealkylation sites (tertiary alicyclic amines) is 2. The maximum atomic E-state index is 14.9. The maximum absolute atomic E-state index is 14.9. The number of piperidine rings is 2. The van der Waals surface area contributed by atoms with Gasteiger partial charge < -0.3 is 9.64 Å². The van der Waals surface area contributed by atoms with E-state index in [9.17, 15) is 8.78 Å². The Bertz CT molecular complexity index is 582. The second-order valence-electron chi connectivity index (χ2n) is 8.45. The Hall–Kier alpha value is -1.20. The predicted molar refractivity (Wildman–Crippen MR) is 105 cm³/mol. The Morgan fingerprint density at radius 2 is 1.67 bits per heavy atom. The Labute approximate surface area is 162 Å². The molecule has 27 heavy (non-hydrogen) atoms. The van der Waals surface area contributed by atoms with Crippen molar-refractivity contribution in [3.8, 4) is 5.75 Å². The summed E-state index contributed by atoms with van der Waals surface area (Å²) < 4.78 is 35.5. The molecule has 3 rings (SSSR count). The number of rotatable bonds is 6. The summed E-state index contributed by atoms with van der Waals surface area (Å²) in [7, 11) is 0. The van der Waals surface area contributed by atoms with Crippen LogP contribution in [0.5, 0.6) is 5.75 Å². The third-order valence-corrected chi connectivity index (χ3v) is 6.08. The van der Waals surface area contributed by atoms with Crippen molar-refractivity contribution in [2.24, 2.45) is 11.8 Å². The highest BCUT2D eigenvalue weighted by Gasteiger charge is 2.48. The Kier molecular flexibility index (Phi) is 6.74. The lowest BCUT2D eigenvalue weighted by molar-refractivity contribution is -0.136. The minimum atomic E-state index is -2.59. The summed E-state index contributed by atoms with van der Waals surface area (Å²) in [6.07, 6.45) is 2.59. The summed E-state index contributed by atoms with van der Waals surface area (Å²) in [6.45, 7) is 10.3. The minimum absolute atomic E-state index is 0.115. The Morgan fingerprint density at radius 3 is 2.22 bits per heavy atom. The van der Waals surface area contributed by atoms with Gasteiger partial charge in [0.1, 0.15) is 5.75 Å². The normalized spacial score (nSPS) is 25.0. The van der Waals surface area contributed by atoms with Crippen LogP contribution >= 0.6 is 0 Å². The van der Waals surface area contributed by atoms with Gasteiger partial charge in [-0.2, -0.15) is 0 Å². The average Bonchev–Trinajstić information content (AvgIpc) is 2.62. The minimum Gasteiger partial charge on any atom is -0.491 e. The van der Waals surface area contributed by atoms with E-state index >= 15 is 0 Å². The zero-order valence-electron chi connectivity index (χ0n) is 17.0. The van der Waals surface area contributed by atoms with Crippen molar-refractivity contribution < 1.29 is 13.5 Å². The molecule has 0 amide bonds. The van der Waals surface area contributed by atoms with Crippen molar-refractivity contribution in [3.05, 3.63) is 29.8 Å². The van der Waals surface area contributed by atoms with Crippen molar-refractivity contribution in [1.82, 2.24) is 9.80 Å². The van der Waals surface area contributed by atoms with Crippen LogP contribution in [0.1, 0.15) is 45.6 Å². The van der Waals surface area contributed by atoms with Gasteiger partial charge in [0, 0.05) is 12.5 Å². The van der Waals surface area contributed by atoms with E-state index in [1.165, 1.54) is 0 Å². The third kappa shape index (κ3) is 5.41. The molecule has 1 aromatic rings. The monoisotopic (exact) mass is 380 g/mol. The van der Waals surface area contributed by atoms with Crippen LogP contribution in [0, 0.1) is 11.8 Å². The van der Waals surface area contributed by atoms with Gasteiger partial charge >= 0.3 is 0 Å². The molecule has 0 aliphatic carbocycles. The molecule has 1 unspecified atom stereocenters. The van der Waals surface area contributed by atoms with E-state index in [1.54, 1.807) is 0 Å². The molecule has 0 spiro atoms. The molecule has 2 fully saturated rings. The average molecular weight is 381 g/mol. The lowest BCUT2D eigenvalue weighted by Gasteiger charge is -2.44. The molecule has 2 heterocycles. The van der Waals surface area contributed by atoms with Gasteiger partial charge in [-0.05, 0) is 82.9 Å². The lowest BCUT2D eigenvalue weighted by Crippen LogP contribution is -2.52. The van der Waals surface area contributed by atoms with Crippen molar-refractivity contribution in [2.45, 2.75) is 58.6 Å². The van der Waals surface area contributed by atoms with Crippen LogP contribution in [-0.4, -0.2) is 54.6 Å². The topological polar surface area (TPSA) is 15.7 Å². The van der Waals surface area contributed by atoms with Crippen LogP contribution in [0.25, 0.3) is 0 Å². The highest BCUT2D eigenvalue weighted by molar-refractivity contribution is 5.27. The first-order valence-electron chi connectivity index (χ1n) is 10.5. The van der Waals surface area contributed by atoms with E-state index in [0.29, 0.717) is 13.0 Å². The molecule has 1 atom stereocenters. The predicted octanol–water partition coefficient (Wildman–Crippen LogP) is 4.66. The molecule has 5 heteroatoms. The van der Waals surface area contributed by atoms with Crippen LogP contribution < -0.4 is 4.74 Å². The van der Waals surface area contributed by atoms with Gasteiger partial charge in [0.2, 0.25) is 0 Å². The summed E-state index contributed by atoms with van der Waals surface area (Å²) in [5.41, 5.74) is 1.07. The van der Waals surface area contributed by atoms with Crippen molar-refractivity contribution in [1.29, 1.82) is 0 Å². The van der Waals surface area contributed by atoms with Crippen molar-refractivity contribution in [3.63, 3.8) is 0 Å². The van der Waals surface area contributed by atoms with Crippen LogP contribution in [0.15, 0.2) is 24.3 Å². The van der Waals surface area contributed by atoms with E-state index in [4.69, 9.17) is 4.74 Å². The van der Waals surface area contributed by atoms with Gasteiger partial charge in [0.05, 0.1) is 12.6 Å². The summed E-state index contributed by atoms with van der Waals surface area (Å²) in [5.74, 6) is -2.03. The Morgan fingerprint density at radius 1 is 1.04 bits per heavy atom. The molecule has 2 aliphatic rings. The van der Waals surface area contributed by atoms with Gasteiger partial charge in [0.25, 0.3) is 5.92 Å². The molecule has 1 aromatic carbocycles. The van der Waals surface area contributed by atoms with Crippen molar-refractivity contribution in [2.75, 3.05) is 32.7 Å². The molecule has 0 radical (unpaired) electrons. The highest BCUT2D eigenvalue weighted by atomic mass is 19.3. The first kappa shape index (κ1) is 20.5. The van der Waals surface area contributed by atoms with Crippen molar-refractivity contribution >= 4 is 0 Å². The van der Waals surface area contributed by atoms with E-state index in [-0.39, 0.29) is 18.6 Å². The largest absolute Gasteiger partial charge is 0.491 e. The quantitative estimate of drug-likeness (QED) is 0.714. The molecular weight excluding hydrogens is 346 g/mol. The molecule has 0 aromatic heterocycles. The van der Waals surface area contributed by atoms with Crippen LogP contribution in [0.2, 0.25) is 0 Å². The van der Waals surface area contributed by atoms with Gasteiger partial charge in [-0.25, -0.2) is 8.78 Å². The summed E-state index contributed by atoms with van der Waals surface area (Å²) in [4.78, 5) is 4.28. The first-order chi connectivity index (χ1) is 12.9. The van der Waals surface area contributed by atoms with E-state index < -0.39 is 11.8 Å². The fourth-order valence-electron chi connectivity index (χ4n) is 4.62. The molecule has 0 N–H and O–H groups in total. The molecule has 0 bridgehead atoms. The van der Waals surface area contributed by atoms with Gasteiger partial charge in [-0.1, -0.05) is 19.1 Å². The molecule has 152 valence electrons. The van der Waals surface area contributed by atoms with Crippen LogP contribution in [-0.2, 0) is 6.54 Å². The smallest absolute Gasteiger partial charge is 0.263 e. The molecule has 0 saturated carbocycles. The Balaban J connectivity index is 1.54.